The van der Waals surface area contributed by atoms with Crippen LogP contribution in [0.4, 0.5) is 0 Å². The van der Waals surface area contributed by atoms with Crippen molar-refractivity contribution >= 4 is 23.6 Å². The van der Waals surface area contributed by atoms with E-state index in [-0.39, 0.29) is 0 Å². The highest BCUT2D eigenvalue weighted by atomic mass is 35.5. The molecule has 0 bridgehead atoms. The third kappa shape index (κ3) is 2.99. The molecule has 0 amide bonds. The molecule has 0 aliphatic heterocycles. The number of carbonyl (C=O) groups is 1. The van der Waals surface area contributed by atoms with Crippen LogP contribution in [0.25, 0.3) is 11.8 Å². The number of carboxylic acids is 1. The standard InChI is InChI=1S/C16H13ClN2O2/c1-10-6-12(7-13(9-18)16(20)21)11(2)19(10)15-5-3-4-14(17)8-15/h3-8H,1-2H3,(H,20,21)/p-1/b13-7+. The van der Waals surface area contributed by atoms with Crippen LogP contribution in [-0.4, -0.2) is 10.5 Å². The van der Waals surface area contributed by atoms with Crippen LogP contribution in [0.15, 0.2) is 35.9 Å². The second kappa shape index (κ2) is 5.86. The molecule has 1 aromatic carbocycles. The molecule has 0 saturated heterocycles. The van der Waals surface area contributed by atoms with E-state index in [0.29, 0.717) is 10.6 Å². The van der Waals surface area contributed by atoms with E-state index in [9.17, 15) is 9.90 Å². The van der Waals surface area contributed by atoms with E-state index in [1.165, 1.54) is 6.08 Å². The fourth-order valence-electron chi connectivity index (χ4n) is 2.24. The van der Waals surface area contributed by atoms with Gasteiger partial charge in [-0.25, -0.2) is 0 Å². The summed E-state index contributed by atoms with van der Waals surface area (Å²) in [5.41, 5.74) is 2.87. The van der Waals surface area contributed by atoms with Gasteiger partial charge < -0.3 is 14.5 Å². The molecular formula is C16H12ClN2O2-. The SMILES string of the molecule is Cc1cc(/C=C(\C#N)C(=O)[O-])c(C)n1-c1cccc(Cl)c1. The van der Waals surface area contributed by atoms with Crippen molar-refractivity contribution in [2.75, 3.05) is 0 Å². The average molecular weight is 300 g/mol. The molecule has 0 N–H and O–H groups in total. The van der Waals surface area contributed by atoms with Crippen molar-refractivity contribution in [1.29, 1.82) is 5.26 Å². The Kier molecular flexibility index (Phi) is 4.15. The maximum Gasteiger partial charge on any atom is 0.101 e. The van der Waals surface area contributed by atoms with Crippen LogP contribution in [0.5, 0.6) is 0 Å². The number of nitrogens with zero attached hydrogens (tertiary/aromatic N) is 2. The van der Waals surface area contributed by atoms with E-state index in [1.54, 1.807) is 12.1 Å². The number of aryl methyl sites for hydroxylation is 1. The summed E-state index contributed by atoms with van der Waals surface area (Å²) < 4.78 is 1.95. The lowest BCUT2D eigenvalue weighted by molar-refractivity contribution is -0.298. The highest BCUT2D eigenvalue weighted by Gasteiger charge is 2.10. The summed E-state index contributed by atoms with van der Waals surface area (Å²) in [6, 6.07) is 10.8. The molecule has 1 heterocycles. The zero-order chi connectivity index (χ0) is 15.6. The summed E-state index contributed by atoms with van der Waals surface area (Å²) in [6.07, 6.45) is 1.32. The maximum absolute atomic E-state index is 10.8. The van der Waals surface area contributed by atoms with Crippen LogP contribution >= 0.6 is 11.6 Å². The van der Waals surface area contributed by atoms with Crippen LogP contribution in [0.1, 0.15) is 17.0 Å². The largest absolute Gasteiger partial charge is 0.544 e. The number of halogens is 1. The van der Waals surface area contributed by atoms with Crippen LogP contribution in [0, 0.1) is 25.2 Å². The lowest BCUT2D eigenvalue weighted by Gasteiger charge is -2.10. The maximum atomic E-state index is 10.8. The Morgan fingerprint density at radius 3 is 2.67 bits per heavy atom. The van der Waals surface area contributed by atoms with Crippen molar-refractivity contribution in [2.45, 2.75) is 13.8 Å². The van der Waals surface area contributed by atoms with Gasteiger partial charge in [-0.15, -0.1) is 0 Å². The van der Waals surface area contributed by atoms with E-state index in [2.05, 4.69) is 0 Å². The van der Waals surface area contributed by atoms with Crippen LogP contribution in [0.2, 0.25) is 5.02 Å². The van der Waals surface area contributed by atoms with Crippen molar-refractivity contribution in [3.63, 3.8) is 0 Å². The summed E-state index contributed by atoms with van der Waals surface area (Å²) in [5.74, 6) is -1.48. The minimum Gasteiger partial charge on any atom is -0.544 e. The van der Waals surface area contributed by atoms with Gasteiger partial charge in [-0.05, 0) is 49.8 Å². The molecule has 0 radical (unpaired) electrons. The predicted molar refractivity (Wildman–Crippen MR) is 78.9 cm³/mol. The van der Waals surface area contributed by atoms with Gasteiger partial charge in [0, 0.05) is 22.1 Å². The summed E-state index contributed by atoms with van der Waals surface area (Å²) in [4.78, 5) is 10.8. The Morgan fingerprint density at radius 1 is 1.38 bits per heavy atom. The van der Waals surface area contributed by atoms with E-state index < -0.39 is 11.5 Å². The number of hydrogen-bond acceptors (Lipinski definition) is 3. The molecule has 0 unspecified atom stereocenters. The minimum absolute atomic E-state index is 0.402. The highest BCUT2D eigenvalue weighted by Crippen LogP contribution is 2.24. The number of nitriles is 1. The molecule has 2 aromatic rings. The normalized spacial score (nSPS) is 11.2. The fourth-order valence-corrected chi connectivity index (χ4v) is 2.42. The van der Waals surface area contributed by atoms with Gasteiger partial charge in [-0.1, -0.05) is 17.7 Å². The highest BCUT2D eigenvalue weighted by molar-refractivity contribution is 6.30. The lowest BCUT2D eigenvalue weighted by Crippen LogP contribution is -2.23. The van der Waals surface area contributed by atoms with Gasteiger partial charge in [-0.2, -0.15) is 5.26 Å². The van der Waals surface area contributed by atoms with E-state index in [4.69, 9.17) is 16.9 Å². The number of aliphatic carboxylic acids is 1. The Labute approximate surface area is 127 Å². The van der Waals surface area contributed by atoms with Crippen molar-refractivity contribution in [3.05, 3.63) is 57.9 Å². The third-order valence-electron chi connectivity index (χ3n) is 3.18. The number of carboxylic acid groups (broad SMARTS) is 1. The molecule has 0 aliphatic rings. The molecule has 21 heavy (non-hydrogen) atoms. The molecular weight excluding hydrogens is 288 g/mol. The van der Waals surface area contributed by atoms with Crippen molar-refractivity contribution in [2.24, 2.45) is 0 Å². The first-order chi connectivity index (χ1) is 9.93. The van der Waals surface area contributed by atoms with Gasteiger partial charge in [0.25, 0.3) is 0 Å². The molecule has 0 spiro atoms. The first kappa shape index (κ1) is 14.9. The lowest BCUT2D eigenvalue weighted by atomic mass is 10.1. The monoisotopic (exact) mass is 299 g/mol. The fraction of sp³-hybridized carbons (Fsp3) is 0.125. The predicted octanol–water partition coefficient (Wildman–Crippen LogP) is 2.40. The number of aromatic nitrogens is 1. The van der Waals surface area contributed by atoms with E-state index in [0.717, 1.165) is 17.1 Å². The van der Waals surface area contributed by atoms with Crippen LogP contribution in [-0.2, 0) is 4.79 Å². The van der Waals surface area contributed by atoms with E-state index in [1.807, 2.05) is 42.7 Å². The molecule has 1 aromatic heterocycles. The second-order valence-corrected chi connectivity index (χ2v) is 5.04. The van der Waals surface area contributed by atoms with Gasteiger partial charge in [0.05, 0.1) is 11.5 Å². The number of benzene rings is 1. The van der Waals surface area contributed by atoms with Gasteiger partial charge in [0.1, 0.15) is 6.07 Å². The topological polar surface area (TPSA) is 68.8 Å². The van der Waals surface area contributed by atoms with Gasteiger partial charge in [-0.3, -0.25) is 0 Å². The molecule has 0 atom stereocenters. The number of hydrogen-bond donors (Lipinski definition) is 0. The molecule has 2 rings (SSSR count). The van der Waals surface area contributed by atoms with Crippen molar-refractivity contribution < 1.29 is 9.90 Å². The zero-order valence-corrected chi connectivity index (χ0v) is 12.3. The molecule has 0 aliphatic carbocycles. The number of rotatable bonds is 3. The zero-order valence-electron chi connectivity index (χ0n) is 11.6. The Balaban J connectivity index is 2.58. The number of carbonyl (C=O) groups excluding carboxylic acids is 1. The summed E-state index contributed by atoms with van der Waals surface area (Å²) in [7, 11) is 0. The molecule has 0 fully saturated rings. The Morgan fingerprint density at radius 2 is 2.10 bits per heavy atom. The van der Waals surface area contributed by atoms with Gasteiger partial charge in [0.2, 0.25) is 0 Å². The average Bonchev–Trinajstić information content (AvgIpc) is 2.70. The van der Waals surface area contributed by atoms with Crippen LogP contribution in [0.3, 0.4) is 0 Å². The minimum atomic E-state index is -1.48. The van der Waals surface area contributed by atoms with Crippen LogP contribution < -0.4 is 5.11 Å². The van der Waals surface area contributed by atoms with Crippen molar-refractivity contribution in [3.8, 4) is 11.8 Å². The van der Waals surface area contributed by atoms with Gasteiger partial charge >= 0.3 is 0 Å². The Hall–Kier alpha value is -2.51. The summed E-state index contributed by atoms with van der Waals surface area (Å²) >= 11 is 6.00. The summed E-state index contributed by atoms with van der Waals surface area (Å²) in [5, 5.41) is 20.3. The molecule has 106 valence electrons. The molecule has 4 nitrogen and oxygen atoms in total. The molecule has 5 heteroatoms. The third-order valence-corrected chi connectivity index (χ3v) is 3.41. The quantitative estimate of drug-likeness (QED) is 0.645. The second-order valence-electron chi connectivity index (χ2n) is 4.60. The van der Waals surface area contributed by atoms with E-state index >= 15 is 0 Å². The molecule has 0 saturated carbocycles. The van der Waals surface area contributed by atoms with Crippen molar-refractivity contribution in [1.82, 2.24) is 4.57 Å². The Bertz CT molecular complexity index is 782. The smallest absolute Gasteiger partial charge is 0.101 e. The van der Waals surface area contributed by atoms with Gasteiger partial charge in [0.15, 0.2) is 0 Å². The first-order valence-electron chi connectivity index (χ1n) is 6.22. The summed E-state index contributed by atoms with van der Waals surface area (Å²) in [6.45, 7) is 3.75. The first-order valence-corrected chi connectivity index (χ1v) is 6.60.